The van der Waals surface area contributed by atoms with Gasteiger partial charge < -0.3 is 0 Å². The van der Waals surface area contributed by atoms with Crippen molar-refractivity contribution in [2.24, 2.45) is 0 Å². The fraction of sp³-hybridized carbons (Fsp3) is 0. The number of aromatic nitrogens is 3. The molecule has 6 heteroatoms. The summed E-state index contributed by atoms with van der Waals surface area (Å²) in [6.45, 7) is 0. The molecule has 0 aliphatic rings. The van der Waals surface area contributed by atoms with Crippen LogP contribution in [0.25, 0.3) is 134 Å². The van der Waals surface area contributed by atoms with Crippen LogP contribution in [-0.2, 0) is 0 Å². The molecule has 3 nitrogen and oxygen atoms in total. The minimum absolute atomic E-state index is 0.900. The third kappa shape index (κ3) is 10.8. The van der Waals surface area contributed by atoms with E-state index in [1.165, 1.54) is 0 Å². The van der Waals surface area contributed by atoms with Gasteiger partial charge in [-0.2, -0.15) is 0 Å². The average molecular weight is 1230 g/mol. The Balaban J connectivity index is 1.05. The van der Waals surface area contributed by atoms with Crippen LogP contribution in [0.2, 0.25) is 0 Å². The summed E-state index contributed by atoms with van der Waals surface area (Å²) in [7, 11) is 0. The highest BCUT2D eigenvalue weighted by atomic mass is 79.9. The lowest BCUT2D eigenvalue weighted by Crippen LogP contribution is -1.96. The third-order valence-corrected chi connectivity index (χ3v) is 16.3. The number of rotatable bonds is 12. The highest BCUT2D eigenvalue weighted by molar-refractivity contribution is 9.11. The molecule has 3 heterocycles. The van der Waals surface area contributed by atoms with Gasteiger partial charge in [-0.25, -0.2) is 0 Å². The van der Waals surface area contributed by atoms with E-state index in [0.29, 0.717) is 0 Å². The highest BCUT2D eigenvalue weighted by Crippen LogP contribution is 2.47. The third-order valence-electron chi connectivity index (χ3n) is 14.8. The molecule has 10 aromatic carbocycles. The summed E-state index contributed by atoms with van der Waals surface area (Å²) in [4.78, 5) is 15.6. The molecule has 0 saturated heterocycles. The average Bonchev–Trinajstić information content (AvgIpc) is 3.56. The lowest BCUT2D eigenvalue weighted by atomic mass is 9.84. The van der Waals surface area contributed by atoms with E-state index in [2.05, 4.69) is 321 Å². The molecule has 0 spiro atoms. The van der Waals surface area contributed by atoms with Crippen molar-refractivity contribution < 1.29 is 0 Å². The molecule has 0 saturated carbocycles. The van der Waals surface area contributed by atoms with Crippen LogP contribution in [0.1, 0.15) is 0 Å². The van der Waals surface area contributed by atoms with Gasteiger partial charge in [0.15, 0.2) is 0 Å². The van der Waals surface area contributed by atoms with Gasteiger partial charge in [0.25, 0.3) is 0 Å². The Morgan fingerprint density at radius 2 is 0.420 bits per heavy atom. The Morgan fingerprint density at radius 1 is 0.173 bits per heavy atom. The van der Waals surface area contributed by atoms with Crippen LogP contribution in [-0.4, -0.2) is 15.0 Å². The molecule has 81 heavy (non-hydrogen) atoms. The Morgan fingerprint density at radius 3 is 0.691 bits per heavy atom. The Labute approximate surface area is 497 Å². The highest BCUT2D eigenvalue weighted by Gasteiger charge is 2.22. The summed E-state index contributed by atoms with van der Waals surface area (Å²) in [6.07, 6.45) is 6.16. The topological polar surface area (TPSA) is 38.7 Å². The first-order valence-electron chi connectivity index (χ1n) is 26.8. The number of nitrogens with zero attached hydrogens (tertiary/aromatic N) is 3. The summed E-state index contributed by atoms with van der Waals surface area (Å²) in [5.74, 6) is 0. The van der Waals surface area contributed by atoms with E-state index in [1.54, 1.807) is 0 Å². The Hall–Kier alpha value is -8.91. The van der Waals surface area contributed by atoms with Gasteiger partial charge in [0.05, 0.1) is 17.1 Å². The zero-order chi connectivity index (χ0) is 54.7. The first kappa shape index (κ1) is 51.5. The summed E-state index contributed by atoms with van der Waals surface area (Å²) in [5, 5.41) is 0. The molecule has 0 aliphatic carbocycles. The summed E-state index contributed by atoms with van der Waals surface area (Å²) < 4.78 is 3.02. The SMILES string of the molecule is Brc1cccc(-c2cc(-c3ccccc3)c(-c3ccccc3-c3cc(-c4ccccc4-c4cnc(-c5cccc(Br)c5)cc4-c4ccccc4)cc(-c4ccccc4-c4cnc(-c5cccc(Br)c5)cc4-c4ccccc4)c3)cn2)c1. The molecule has 0 bridgehead atoms. The number of halogens is 3. The van der Waals surface area contributed by atoms with Crippen molar-refractivity contribution in [1.29, 1.82) is 0 Å². The van der Waals surface area contributed by atoms with Gasteiger partial charge in [-0.05, 0) is 156 Å². The van der Waals surface area contributed by atoms with Crippen molar-refractivity contribution in [1.82, 2.24) is 15.0 Å². The van der Waals surface area contributed by atoms with Crippen molar-refractivity contribution in [2.75, 3.05) is 0 Å². The predicted octanol–water partition coefficient (Wildman–Crippen LogP) is 22.2. The summed E-state index contributed by atoms with van der Waals surface area (Å²) in [5.41, 5.74) is 25.2. The van der Waals surface area contributed by atoms with Crippen LogP contribution in [0, 0.1) is 0 Å². The fourth-order valence-corrected chi connectivity index (χ4v) is 12.2. The van der Waals surface area contributed by atoms with E-state index in [9.17, 15) is 0 Å². The number of benzene rings is 10. The van der Waals surface area contributed by atoms with Gasteiger partial charge in [0.1, 0.15) is 0 Å². The molecule has 3 aromatic heterocycles. The van der Waals surface area contributed by atoms with Gasteiger partial charge in [0, 0.05) is 65.4 Å². The van der Waals surface area contributed by atoms with Gasteiger partial charge in [-0.15, -0.1) is 0 Å². The molecule has 384 valence electrons. The lowest BCUT2D eigenvalue weighted by Gasteiger charge is -2.20. The normalized spacial score (nSPS) is 11.1. The molecule has 0 aliphatic heterocycles. The monoisotopic (exact) mass is 1230 g/mol. The number of hydrogen-bond donors (Lipinski definition) is 0. The molecule has 0 fully saturated rings. The summed E-state index contributed by atoms with van der Waals surface area (Å²) >= 11 is 11.1. The molecule has 0 atom stereocenters. The predicted molar refractivity (Wildman–Crippen MR) is 348 cm³/mol. The van der Waals surface area contributed by atoms with E-state index >= 15 is 0 Å². The van der Waals surface area contributed by atoms with E-state index < -0.39 is 0 Å². The molecular weight excluding hydrogens is 1180 g/mol. The maximum atomic E-state index is 5.20. The number of hydrogen-bond acceptors (Lipinski definition) is 3. The van der Waals surface area contributed by atoms with Crippen LogP contribution in [0.15, 0.2) is 305 Å². The molecule has 0 unspecified atom stereocenters. The zero-order valence-corrected chi connectivity index (χ0v) is 48.4. The fourth-order valence-electron chi connectivity index (χ4n) is 11.0. The minimum atomic E-state index is 0.900. The first-order valence-corrected chi connectivity index (χ1v) is 29.1. The second kappa shape index (κ2) is 23.1. The van der Waals surface area contributed by atoms with Crippen molar-refractivity contribution in [3.63, 3.8) is 0 Å². The maximum absolute atomic E-state index is 5.20. The second-order valence-electron chi connectivity index (χ2n) is 19.9. The molecule has 0 radical (unpaired) electrons. The standard InChI is InChI=1S/C75H48Br3N3/c76-58-28-16-25-52(40-58)73-43-67(49-19-4-1-5-20-49)70(46-79-73)64-34-13-10-31-61(64)55-37-56(62-32-11-14-35-65(62)71-47-80-74(53-26-17-29-59(77)41-53)44-68(71)50-21-6-2-7-22-50)39-57(38-55)63-33-12-15-36-66(63)72-48-81-75(54-27-18-30-60(78)42-54)45-69(72)51-23-8-3-9-24-51/h1-48H. The zero-order valence-electron chi connectivity index (χ0n) is 43.7. The Bertz CT molecular complexity index is 3980. The van der Waals surface area contributed by atoms with Crippen LogP contribution >= 0.6 is 47.8 Å². The van der Waals surface area contributed by atoms with Crippen molar-refractivity contribution in [2.45, 2.75) is 0 Å². The van der Waals surface area contributed by atoms with Gasteiger partial charge in [-0.1, -0.05) is 248 Å². The van der Waals surface area contributed by atoms with Crippen molar-refractivity contribution in [3.8, 4) is 134 Å². The van der Waals surface area contributed by atoms with Gasteiger partial charge >= 0.3 is 0 Å². The molecule has 0 amide bonds. The Kier molecular flexibility index (Phi) is 14.7. The molecule has 13 rings (SSSR count). The van der Waals surface area contributed by atoms with Crippen LogP contribution in [0.5, 0.6) is 0 Å². The van der Waals surface area contributed by atoms with Crippen LogP contribution in [0.4, 0.5) is 0 Å². The summed E-state index contributed by atoms with van der Waals surface area (Å²) in [6, 6.07) is 97.1. The molecule has 0 N–H and O–H groups in total. The quantitative estimate of drug-likeness (QED) is 0.122. The van der Waals surface area contributed by atoms with Gasteiger partial charge in [0.2, 0.25) is 0 Å². The van der Waals surface area contributed by atoms with Crippen molar-refractivity contribution in [3.05, 3.63) is 305 Å². The second-order valence-corrected chi connectivity index (χ2v) is 22.7. The lowest BCUT2D eigenvalue weighted by molar-refractivity contribution is 1.32. The maximum Gasteiger partial charge on any atom is 0.0709 e. The van der Waals surface area contributed by atoms with Crippen LogP contribution in [0.3, 0.4) is 0 Å². The minimum Gasteiger partial charge on any atom is -0.256 e. The van der Waals surface area contributed by atoms with Gasteiger partial charge in [-0.3, -0.25) is 15.0 Å². The van der Waals surface area contributed by atoms with E-state index in [1.807, 2.05) is 18.2 Å². The number of pyridine rings is 3. The molecule has 13 aromatic rings. The molecular formula is C75H48Br3N3. The largest absolute Gasteiger partial charge is 0.256 e. The van der Waals surface area contributed by atoms with Crippen molar-refractivity contribution >= 4 is 47.8 Å². The van der Waals surface area contributed by atoms with E-state index in [-0.39, 0.29) is 0 Å². The first-order chi connectivity index (χ1) is 39.9. The van der Waals surface area contributed by atoms with Crippen LogP contribution < -0.4 is 0 Å². The van der Waals surface area contributed by atoms with E-state index in [0.717, 1.165) is 147 Å². The van der Waals surface area contributed by atoms with E-state index in [4.69, 9.17) is 15.0 Å². The smallest absolute Gasteiger partial charge is 0.0709 e.